The van der Waals surface area contributed by atoms with Crippen molar-refractivity contribution in [1.82, 2.24) is 4.90 Å². The average molecular weight is 266 g/mol. The topological polar surface area (TPSA) is 81.9 Å². The summed E-state index contributed by atoms with van der Waals surface area (Å²) in [5, 5.41) is 0. The number of rotatable bonds is 5. The van der Waals surface area contributed by atoms with E-state index < -0.39 is 0 Å². The zero-order chi connectivity index (χ0) is 14.4. The number of nitrogen functional groups attached to an aromatic ring is 1. The minimum Gasteiger partial charge on any atom is -0.494 e. The van der Waals surface area contributed by atoms with Crippen molar-refractivity contribution in [3.63, 3.8) is 0 Å². The maximum Gasteiger partial charge on any atom is 0.307 e. The smallest absolute Gasteiger partial charge is 0.307 e. The summed E-state index contributed by atoms with van der Waals surface area (Å²) in [6, 6.07) is 4.97. The van der Waals surface area contributed by atoms with Crippen LogP contribution >= 0.6 is 0 Å². The van der Waals surface area contributed by atoms with Gasteiger partial charge in [-0.1, -0.05) is 6.07 Å². The number of amides is 1. The Kier molecular flexibility index (Phi) is 5.17. The molecule has 0 unspecified atom stereocenters. The SMILES string of the molecule is COC(=O)CCN(C)C(=O)c1cccc(N)c1OC. The molecule has 0 saturated carbocycles. The van der Waals surface area contributed by atoms with E-state index in [2.05, 4.69) is 4.74 Å². The lowest BCUT2D eigenvalue weighted by Crippen LogP contribution is -2.29. The van der Waals surface area contributed by atoms with Gasteiger partial charge in [-0.15, -0.1) is 0 Å². The van der Waals surface area contributed by atoms with Gasteiger partial charge in [-0.3, -0.25) is 9.59 Å². The van der Waals surface area contributed by atoms with E-state index in [9.17, 15) is 9.59 Å². The van der Waals surface area contributed by atoms with E-state index in [0.29, 0.717) is 17.0 Å². The zero-order valence-corrected chi connectivity index (χ0v) is 11.3. The molecule has 0 bridgehead atoms. The zero-order valence-electron chi connectivity index (χ0n) is 11.3. The minimum absolute atomic E-state index is 0.142. The highest BCUT2D eigenvalue weighted by Crippen LogP contribution is 2.26. The number of hydrogen-bond donors (Lipinski definition) is 1. The summed E-state index contributed by atoms with van der Waals surface area (Å²) in [7, 11) is 4.37. The number of benzene rings is 1. The molecule has 6 nitrogen and oxygen atoms in total. The Balaban J connectivity index is 2.82. The van der Waals surface area contributed by atoms with Crippen molar-refractivity contribution >= 4 is 17.6 Å². The Hall–Kier alpha value is -2.24. The lowest BCUT2D eigenvalue weighted by molar-refractivity contribution is -0.140. The van der Waals surface area contributed by atoms with Crippen LogP contribution in [0.2, 0.25) is 0 Å². The summed E-state index contributed by atoms with van der Waals surface area (Å²) in [6.07, 6.45) is 0.142. The van der Waals surface area contributed by atoms with Crippen LogP contribution in [0.25, 0.3) is 0 Å². The maximum absolute atomic E-state index is 12.2. The highest BCUT2D eigenvalue weighted by atomic mass is 16.5. The number of anilines is 1. The molecule has 0 heterocycles. The number of carbonyl (C=O) groups is 2. The number of ether oxygens (including phenoxy) is 2. The van der Waals surface area contributed by atoms with Gasteiger partial charge < -0.3 is 20.1 Å². The van der Waals surface area contributed by atoms with Gasteiger partial charge in [0.15, 0.2) is 5.75 Å². The van der Waals surface area contributed by atoms with E-state index in [-0.39, 0.29) is 24.8 Å². The van der Waals surface area contributed by atoms with Crippen molar-refractivity contribution in [3.8, 4) is 5.75 Å². The molecule has 0 saturated heterocycles. The first-order chi connectivity index (χ1) is 9.01. The number of carbonyl (C=O) groups excluding carboxylic acids is 2. The van der Waals surface area contributed by atoms with Crippen LogP contribution in [-0.2, 0) is 9.53 Å². The Morgan fingerprint density at radius 1 is 1.32 bits per heavy atom. The van der Waals surface area contributed by atoms with Crippen LogP contribution in [0.4, 0.5) is 5.69 Å². The standard InChI is InChI=1S/C13H18N2O4/c1-15(8-7-11(16)18-2)13(17)9-5-4-6-10(14)12(9)19-3/h4-6H,7-8,14H2,1-3H3. The molecule has 104 valence electrons. The Morgan fingerprint density at radius 2 is 2.00 bits per heavy atom. The van der Waals surface area contributed by atoms with Gasteiger partial charge >= 0.3 is 5.97 Å². The first-order valence-electron chi connectivity index (χ1n) is 5.76. The van der Waals surface area contributed by atoms with E-state index in [1.807, 2.05) is 0 Å². The molecule has 1 rings (SSSR count). The van der Waals surface area contributed by atoms with Crippen LogP contribution in [0.5, 0.6) is 5.75 Å². The van der Waals surface area contributed by atoms with E-state index in [1.54, 1.807) is 25.2 Å². The number of para-hydroxylation sites is 1. The van der Waals surface area contributed by atoms with Gasteiger partial charge in [-0.2, -0.15) is 0 Å². The van der Waals surface area contributed by atoms with Crippen molar-refractivity contribution in [3.05, 3.63) is 23.8 Å². The summed E-state index contributed by atoms with van der Waals surface area (Å²) in [4.78, 5) is 24.7. The van der Waals surface area contributed by atoms with Gasteiger partial charge in [0, 0.05) is 13.6 Å². The predicted molar refractivity (Wildman–Crippen MR) is 71.0 cm³/mol. The second-order valence-corrected chi connectivity index (χ2v) is 3.98. The molecule has 0 fully saturated rings. The van der Waals surface area contributed by atoms with E-state index in [4.69, 9.17) is 10.5 Å². The van der Waals surface area contributed by atoms with Crippen molar-refractivity contribution in [2.45, 2.75) is 6.42 Å². The number of methoxy groups -OCH3 is 2. The molecular formula is C13H18N2O4. The Bertz CT molecular complexity index is 474. The molecule has 1 aromatic rings. The quantitative estimate of drug-likeness (QED) is 0.633. The van der Waals surface area contributed by atoms with Gasteiger partial charge in [0.25, 0.3) is 5.91 Å². The highest BCUT2D eigenvalue weighted by molar-refractivity contribution is 5.98. The van der Waals surface area contributed by atoms with Crippen LogP contribution in [0.15, 0.2) is 18.2 Å². The molecular weight excluding hydrogens is 248 g/mol. The van der Waals surface area contributed by atoms with Crippen molar-refractivity contribution in [2.24, 2.45) is 0 Å². The molecule has 0 aliphatic carbocycles. The lowest BCUT2D eigenvalue weighted by atomic mass is 10.1. The fourth-order valence-electron chi connectivity index (χ4n) is 1.62. The highest BCUT2D eigenvalue weighted by Gasteiger charge is 2.18. The van der Waals surface area contributed by atoms with Gasteiger partial charge in [-0.25, -0.2) is 0 Å². The normalized spacial score (nSPS) is 9.84. The van der Waals surface area contributed by atoms with Gasteiger partial charge in [0.2, 0.25) is 0 Å². The second kappa shape index (κ2) is 6.63. The Labute approximate surface area is 112 Å². The fourth-order valence-corrected chi connectivity index (χ4v) is 1.62. The van der Waals surface area contributed by atoms with E-state index in [1.165, 1.54) is 19.1 Å². The number of esters is 1. The lowest BCUT2D eigenvalue weighted by Gasteiger charge is -2.18. The second-order valence-electron chi connectivity index (χ2n) is 3.98. The van der Waals surface area contributed by atoms with Crippen LogP contribution in [0.3, 0.4) is 0 Å². The molecule has 0 aliphatic heterocycles. The van der Waals surface area contributed by atoms with Crippen LogP contribution < -0.4 is 10.5 Å². The molecule has 0 spiro atoms. The Morgan fingerprint density at radius 3 is 2.58 bits per heavy atom. The number of nitrogens with two attached hydrogens (primary N) is 1. The molecule has 2 N–H and O–H groups in total. The predicted octanol–water partition coefficient (Wildman–Crippen LogP) is 0.912. The largest absolute Gasteiger partial charge is 0.494 e. The molecule has 0 aromatic heterocycles. The average Bonchev–Trinajstić information content (AvgIpc) is 2.43. The number of nitrogens with zero attached hydrogens (tertiary/aromatic N) is 1. The molecule has 1 aromatic carbocycles. The summed E-state index contributed by atoms with van der Waals surface area (Å²) < 4.78 is 9.66. The summed E-state index contributed by atoms with van der Waals surface area (Å²) >= 11 is 0. The van der Waals surface area contributed by atoms with E-state index in [0.717, 1.165) is 0 Å². The summed E-state index contributed by atoms with van der Waals surface area (Å²) in [5.74, 6) is -0.273. The fraction of sp³-hybridized carbons (Fsp3) is 0.385. The minimum atomic E-state index is -0.362. The molecule has 0 atom stereocenters. The molecule has 19 heavy (non-hydrogen) atoms. The van der Waals surface area contributed by atoms with Crippen LogP contribution in [0, 0.1) is 0 Å². The number of hydrogen-bond acceptors (Lipinski definition) is 5. The van der Waals surface area contributed by atoms with Crippen molar-refractivity contribution < 1.29 is 19.1 Å². The third kappa shape index (κ3) is 3.61. The molecule has 0 aliphatic rings. The van der Waals surface area contributed by atoms with Gasteiger partial charge in [-0.05, 0) is 12.1 Å². The summed E-state index contributed by atoms with van der Waals surface area (Å²) in [5.41, 5.74) is 6.51. The van der Waals surface area contributed by atoms with Crippen LogP contribution in [0.1, 0.15) is 16.8 Å². The van der Waals surface area contributed by atoms with Crippen LogP contribution in [-0.4, -0.2) is 44.6 Å². The first-order valence-corrected chi connectivity index (χ1v) is 5.76. The van der Waals surface area contributed by atoms with Gasteiger partial charge in [0.1, 0.15) is 0 Å². The third-order valence-corrected chi connectivity index (χ3v) is 2.71. The monoisotopic (exact) mass is 266 g/mol. The third-order valence-electron chi connectivity index (χ3n) is 2.71. The van der Waals surface area contributed by atoms with Gasteiger partial charge in [0.05, 0.1) is 31.9 Å². The molecule has 1 amide bonds. The van der Waals surface area contributed by atoms with Crippen molar-refractivity contribution in [2.75, 3.05) is 33.5 Å². The maximum atomic E-state index is 12.2. The van der Waals surface area contributed by atoms with E-state index >= 15 is 0 Å². The molecule has 0 radical (unpaired) electrons. The van der Waals surface area contributed by atoms with Crippen molar-refractivity contribution in [1.29, 1.82) is 0 Å². The summed E-state index contributed by atoms with van der Waals surface area (Å²) in [6.45, 7) is 0.267. The molecule has 6 heteroatoms. The first kappa shape index (κ1) is 14.8.